The predicted octanol–water partition coefficient (Wildman–Crippen LogP) is 1.04. The molecule has 0 aliphatic carbocycles. The van der Waals surface area contributed by atoms with Gasteiger partial charge in [0.25, 0.3) is 0 Å². The second kappa shape index (κ2) is 6.75. The summed E-state index contributed by atoms with van der Waals surface area (Å²) in [5, 5.41) is 4.97. The van der Waals surface area contributed by atoms with Crippen LogP contribution in [-0.2, 0) is 9.59 Å². The number of hydrogen-bond acceptors (Lipinski definition) is 4. The lowest BCUT2D eigenvalue weighted by Crippen LogP contribution is -2.64. The zero-order chi connectivity index (χ0) is 16.3. The molecule has 1 rings (SSSR count). The Labute approximate surface area is 127 Å². The Bertz CT molecular complexity index is 377. The number of primary amides is 1. The van der Waals surface area contributed by atoms with E-state index in [2.05, 4.69) is 33.0 Å². The third-order valence-electron chi connectivity index (χ3n) is 3.91. The monoisotopic (exact) mass is 298 g/mol. The van der Waals surface area contributed by atoms with Gasteiger partial charge in [0.05, 0.1) is 6.04 Å². The fourth-order valence-electron chi connectivity index (χ4n) is 3.37. The van der Waals surface area contributed by atoms with Crippen molar-refractivity contribution < 1.29 is 9.59 Å². The Hall–Kier alpha value is -1.14. The molecular formula is C15H30N4O2. The second-order valence-corrected chi connectivity index (χ2v) is 7.43. The maximum Gasteiger partial charge on any atom is 0.236 e. The first-order valence-electron chi connectivity index (χ1n) is 7.67. The van der Waals surface area contributed by atoms with Crippen molar-refractivity contribution in [2.24, 2.45) is 11.6 Å². The number of nitrogens with zero attached hydrogens (tertiary/aromatic N) is 1. The highest BCUT2D eigenvalue weighted by Gasteiger charge is 2.40. The van der Waals surface area contributed by atoms with Gasteiger partial charge < -0.3 is 11.1 Å². The van der Waals surface area contributed by atoms with Crippen LogP contribution in [0, 0.1) is 0 Å². The number of unbranched alkanes of at least 4 members (excludes halogenated alkanes) is 1. The highest BCUT2D eigenvalue weighted by Crippen LogP contribution is 2.30. The fraction of sp³-hybridized carbons (Fsp3) is 0.867. The summed E-state index contributed by atoms with van der Waals surface area (Å²) >= 11 is 0. The molecule has 0 aromatic rings. The number of carbonyl (C=O) groups is 2. The number of nitrogens with one attached hydrogen (secondary N) is 1. The molecule has 1 heterocycles. The van der Waals surface area contributed by atoms with Crippen molar-refractivity contribution >= 4 is 11.8 Å². The van der Waals surface area contributed by atoms with Crippen molar-refractivity contribution in [1.82, 2.24) is 10.3 Å². The van der Waals surface area contributed by atoms with Crippen molar-refractivity contribution in [1.29, 1.82) is 0 Å². The summed E-state index contributed by atoms with van der Waals surface area (Å²) in [6, 6.07) is 0.0416. The van der Waals surface area contributed by atoms with Crippen LogP contribution < -0.4 is 16.9 Å². The van der Waals surface area contributed by atoms with Gasteiger partial charge in [-0.3, -0.25) is 14.6 Å². The summed E-state index contributed by atoms with van der Waals surface area (Å²) < 4.78 is 0. The third-order valence-corrected chi connectivity index (χ3v) is 3.91. The van der Waals surface area contributed by atoms with Gasteiger partial charge in [0.1, 0.15) is 0 Å². The fourth-order valence-corrected chi connectivity index (χ4v) is 3.37. The molecule has 0 bridgehead atoms. The molecule has 21 heavy (non-hydrogen) atoms. The van der Waals surface area contributed by atoms with E-state index in [-0.39, 0.29) is 28.9 Å². The molecule has 0 saturated carbocycles. The highest BCUT2D eigenvalue weighted by atomic mass is 16.2. The molecule has 0 atom stereocenters. The Morgan fingerprint density at radius 1 is 1.10 bits per heavy atom. The normalized spacial score (nSPS) is 21.0. The minimum absolute atomic E-state index is 0.0416. The van der Waals surface area contributed by atoms with E-state index < -0.39 is 0 Å². The quantitative estimate of drug-likeness (QED) is 0.295. The highest BCUT2D eigenvalue weighted by molar-refractivity contribution is 5.76. The first kappa shape index (κ1) is 17.9. The number of carbonyl (C=O) groups excluding carboxylic acids is 2. The van der Waals surface area contributed by atoms with E-state index >= 15 is 0 Å². The molecule has 2 amide bonds. The van der Waals surface area contributed by atoms with Gasteiger partial charge >= 0.3 is 0 Å². The molecule has 1 aliphatic rings. The van der Waals surface area contributed by atoms with Crippen LogP contribution >= 0.6 is 0 Å². The first-order chi connectivity index (χ1) is 9.52. The summed E-state index contributed by atoms with van der Waals surface area (Å²) in [6.45, 7) is 8.52. The van der Waals surface area contributed by atoms with Crippen LogP contribution in [0.3, 0.4) is 0 Å². The number of rotatable bonds is 6. The zero-order valence-electron chi connectivity index (χ0n) is 13.7. The van der Waals surface area contributed by atoms with Gasteiger partial charge in [-0.15, -0.1) is 0 Å². The van der Waals surface area contributed by atoms with Crippen LogP contribution in [0.4, 0.5) is 0 Å². The topological polar surface area (TPSA) is 101 Å². The van der Waals surface area contributed by atoms with E-state index in [4.69, 9.17) is 11.6 Å². The second-order valence-electron chi connectivity index (χ2n) is 7.43. The molecule has 0 unspecified atom stereocenters. The van der Waals surface area contributed by atoms with E-state index in [0.717, 1.165) is 12.8 Å². The van der Waals surface area contributed by atoms with Gasteiger partial charge in [0, 0.05) is 23.9 Å². The number of nitrogens with two attached hydrogens (primary N) is 2. The molecule has 1 saturated heterocycles. The molecule has 122 valence electrons. The van der Waals surface area contributed by atoms with Crippen molar-refractivity contribution in [3.63, 3.8) is 0 Å². The van der Waals surface area contributed by atoms with E-state index in [1.54, 1.807) is 0 Å². The molecule has 0 aromatic carbocycles. The van der Waals surface area contributed by atoms with Crippen LogP contribution in [0.25, 0.3) is 0 Å². The molecular weight excluding hydrogens is 268 g/mol. The molecule has 0 spiro atoms. The van der Waals surface area contributed by atoms with Gasteiger partial charge in [0.2, 0.25) is 11.8 Å². The lowest BCUT2D eigenvalue weighted by Gasteiger charge is -2.48. The summed E-state index contributed by atoms with van der Waals surface area (Å²) in [7, 11) is 0. The average molecular weight is 298 g/mol. The average Bonchev–Trinajstić information content (AvgIpc) is 2.29. The molecule has 0 radical (unpaired) electrons. The van der Waals surface area contributed by atoms with Gasteiger partial charge in [-0.05, 0) is 53.4 Å². The van der Waals surface area contributed by atoms with Crippen LogP contribution in [0.2, 0.25) is 0 Å². The summed E-state index contributed by atoms with van der Waals surface area (Å²) in [5.74, 6) is 5.66. The van der Waals surface area contributed by atoms with Crippen molar-refractivity contribution in [3.8, 4) is 0 Å². The van der Waals surface area contributed by atoms with E-state index in [1.807, 2.05) is 0 Å². The first-order valence-corrected chi connectivity index (χ1v) is 7.67. The molecule has 6 heteroatoms. The summed E-state index contributed by atoms with van der Waals surface area (Å²) in [4.78, 5) is 22.8. The van der Waals surface area contributed by atoms with E-state index in [0.29, 0.717) is 25.7 Å². The van der Waals surface area contributed by atoms with Crippen molar-refractivity contribution in [2.75, 3.05) is 0 Å². The lowest BCUT2D eigenvalue weighted by molar-refractivity contribution is -0.136. The van der Waals surface area contributed by atoms with Gasteiger partial charge in [-0.2, -0.15) is 0 Å². The number of hydrazine groups is 1. The number of amides is 2. The Kier molecular flexibility index (Phi) is 5.75. The third kappa shape index (κ3) is 6.01. The van der Waals surface area contributed by atoms with Gasteiger partial charge in [-0.25, -0.2) is 5.84 Å². The molecule has 0 aromatic heterocycles. The van der Waals surface area contributed by atoms with Crippen molar-refractivity contribution in [2.45, 2.75) is 83.3 Å². The van der Waals surface area contributed by atoms with Crippen LogP contribution in [0.15, 0.2) is 0 Å². The number of piperidine rings is 1. The standard InChI is InChI=1S/C15H30N4O2/c1-14(2)9-11(10-15(3,4)18-14)19(17)13(21)8-6-5-7-12(16)20/h11,18H,5-10,17H2,1-4H3,(H2,16,20). The Balaban J connectivity index is 2.51. The van der Waals surface area contributed by atoms with Gasteiger partial charge in [0.15, 0.2) is 0 Å². The molecule has 1 aliphatic heterocycles. The summed E-state index contributed by atoms with van der Waals surface area (Å²) in [5.41, 5.74) is 4.99. The zero-order valence-corrected chi connectivity index (χ0v) is 13.7. The molecule has 1 fully saturated rings. The minimum Gasteiger partial charge on any atom is -0.370 e. The number of hydrogen-bond donors (Lipinski definition) is 3. The SMILES string of the molecule is CC1(C)CC(N(N)C(=O)CCCCC(N)=O)CC(C)(C)N1. The predicted molar refractivity (Wildman–Crippen MR) is 83.0 cm³/mol. The maximum absolute atomic E-state index is 12.2. The van der Waals surface area contributed by atoms with E-state index in [1.165, 1.54) is 5.01 Å². The summed E-state index contributed by atoms with van der Waals surface area (Å²) in [6.07, 6.45) is 3.64. The Morgan fingerprint density at radius 3 is 2.05 bits per heavy atom. The van der Waals surface area contributed by atoms with Crippen LogP contribution in [-0.4, -0.2) is 33.9 Å². The molecule has 6 nitrogen and oxygen atoms in total. The van der Waals surface area contributed by atoms with E-state index in [9.17, 15) is 9.59 Å². The van der Waals surface area contributed by atoms with Crippen LogP contribution in [0.1, 0.15) is 66.2 Å². The maximum atomic E-state index is 12.2. The largest absolute Gasteiger partial charge is 0.370 e. The smallest absolute Gasteiger partial charge is 0.236 e. The van der Waals surface area contributed by atoms with Gasteiger partial charge in [-0.1, -0.05) is 0 Å². The van der Waals surface area contributed by atoms with Crippen molar-refractivity contribution in [3.05, 3.63) is 0 Å². The minimum atomic E-state index is -0.325. The Morgan fingerprint density at radius 2 is 1.57 bits per heavy atom. The lowest BCUT2D eigenvalue weighted by atomic mass is 9.79. The molecule has 5 N–H and O–H groups in total. The van der Waals surface area contributed by atoms with Crippen LogP contribution in [0.5, 0.6) is 0 Å².